The number of fused-ring (bicyclic) bond motifs is 1. The maximum atomic E-state index is 11.7. The molecule has 2 rings (SSSR count). The molecule has 84 valence electrons. The molecule has 0 saturated heterocycles. The maximum Gasteiger partial charge on any atom is 0.238 e. The third kappa shape index (κ3) is 2.09. The highest BCUT2D eigenvalue weighted by Gasteiger charge is 2.13. The van der Waals surface area contributed by atoms with Crippen molar-refractivity contribution in [3.05, 3.63) is 24.4 Å². The Kier molecular flexibility index (Phi) is 3.24. The first-order chi connectivity index (χ1) is 7.72. The zero-order valence-electron chi connectivity index (χ0n) is 8.83. The number of H-pyrrole nitrogens is 1. The van der Waals surface area contributed by atoms with Crippen molar-refractivity contribution in [1.82, 2.24) is 10.2 Å². The molecule has 2 N–H and O–H groups in total. The van der Waals surface area contributed by atoms with Gasteiger partial charge in [0.25, 0.3) is 0 Å². The average molecular weight is 282 g/mol. The highest BCUT2D eigenvalue weighted by Crippen LogP contribution is 2.21. The van der Waals surface area contributed by atoms with E-state index in [-0.39, 0.29) is 10.7 Å². The lowest BCUT2D eigenvalue weighted by Gasteiger charge is -2.09. The molecule has 1 unspecified atom stereocenters. The van der Waals surface area contributed by atoms with Crippen LogP contribution in [0.1, 0.15) is 13.3 Å². The van der Waals surface area contributed by atoms with Crippen LogP contribution in [0.4, 0.5) is 5.69 Å². The first kappa shape index (κ1) is 11.1. The number of nitrogens with one attached hydrogen (secondary N) is 2. The van der Waals surface area contributed by atoms with Gasteiger partial charge in [0.1, 0.15) is 0 Å². The smallest absolute Gasteiger partial charge is 0.238 e. The Balaban J connectivity index is 2.27. The second kappa shape index (κ2) is 4.65. The summed E-state index contributed by atoms with van der Waals surface area (Å²) in [6, 6.07) is 5.69. The fourth-order valence-electron chi connectivity index (χ4n) is 1.47. The molecule has 0 bridgehead atoms. The van der Waals surface area contributed by atoms with Crippen molar-refractivity contribution in [2.45, 2.75) is 18.2 Å². The molecular formula is C11H12BrN3O. The predicted molar refractivity (Wildman–Crippen MR) is 67.7 cm³/mol. The monoisotopic (exact) mass is 281 g/mol. The Morgan fingerprint density at radius 1 is 1.62 bits per heavy atom. The molecule has 0 radical (unpaired) electrons. The minimum absolute atomic E-state index is 0.0374. The molecule has 16 heavy (non-hydrogen) atoms. The molecule has 0 aliphatic carbocycles. The fourth-order valence-corrected chi connectivity index (χ4v) is 1.58. The van der Waals surface area contributed by atoms with E-state index in [1.807, 2.05) is 25.1 Å². The number of hydrogen-bond donors (Lipinski definition) is 2. The van der Waals surface area contributed by atoms with Crippen LogP contribution in [0.5, 0.6) is 0 Å². The van der Waals surface area contributed by atoms with Crippen molar-refractivity contribution in [1.29, 1.82) is 0 Å². The molecule has 0 spiro atoms. The van der Waals surface area contributed by atoms with Crippen LogP contribution in [0, 0.1) is 0 Å². The zero-order chi connectivity index (χ0) is 11.5. The van der Waals surface area contributed by atoms with Crippen LogP contribution in [-0.2, 0) is 4.79 Å². The summed E-state index contributed by atoms with van der Waals surface area (Å²) in [5.74, 6) is -0.0374. The summed E-state index contributed by atoms with van der Waals surface area (Å²) in [5, 5.41) is 10.7. The summed E-state index contributed by atoms with van der Waals surface area (Å²) in [7, 11) is 0. The van der Waals surface area contributed by atoms with Crippen LogP contribution < -0.4 is 5.32 Å². The summed E-state index contributed by atoms with van der Waals surface area (Å²) in [5.41, 5.74) is 1.62. The van der Waals surface area contributed by atoms with Gasteiger partial charge in [-0.25, -0.2) is 0 Å². The van der Waals surface area contributed by atoms with Crippen molar-refractivity contribution >= 4 is 38.4 Å². The number of aromatic nitrogens is 2. The number of hydrogen-bond acceptors (Lipinski definition) is 2. The highest BCUT2D eigenvalue weighted by molar-refractivity contribution is 9.10. The molecule has 4 nitrogen and oxygen atoms in total. The lowest BCUT2D eigenvalue weighted by atomic mass is 10.2. The number of rotatable bonds is 3. The van der Waals surface area contributed by atoms with E-state index in [1.165, 1.54) is 0 Å². The SMILES string of the molecule is CCC(Br)C(=O)Nc1cccc2cn[nH]c12. The van der Waals surface area contributed by atoms with Crippen LogP contribution in [0.3, 0.4) is 0 Å². The van der Waals surface area contributed by atoms with Gasteiger partial charge in [-0.05, 0) is 12.5 Å². The van der Waals surface area contributed by atoms with Gasteiger partial charge in [0, 0.05) is 5.39 Å². The number of alkyl halides is 1. The molecule has 0 saturated carbocycles. The molecule has 5 heteroatoms. The van der Waals surface area contributed by atoms with E-state index in [0.717, 1.165) is 23.0 Å². The first-order valence-corrected chi connectivity index (χ1v) is 6.01. The summed E-state index contributed by atoms with van der Waals surface area (Å²) in [4.78, 5) is 11.6. The van der Waals surface area contributed by atoms with E-state index < -0.39 is 0 Å². The van der Waals surface area contributed by atoms with Gasteiger partial charge in [0.2, 0.25) is 5.91 Å². The van der Waals surface area contributed by atoms with Crippen LogP contribution >= 0.6 is 15.9 Å². The lowest BCUT2D eigenvalue weighted by molar-refractivity contribution is -0.115. The molecule has 1 aromatic carbocycles. The number of amides is 1. The van der Waals surface area contributed by atoms with E-state index in [1.54, 1.807) is 6.20 Å². The number of para-hydroxylation sites is 1. The van der Waals surface area contributed by atoms with Crippen molar-refractivity contribution in [2.75, 3.05) is 5.32 Å². The topological polar surface area (TPSA) is 57.8 Å². The Bertz CT molecular complexity index is 509. The van der Waals surface area contributed by atoms with E-state index in [9.17, 15) is 4.79 Å². The van der Waals surface area contributed by atoms with Crippen LogP contribution in [0.15, 0.2) is 24.4 Å². The second-order valence-electron chi connectivity index (χ2n) is 3.50. The lowest BCUT2D eigenvalue weighted by Crippen LogP contribution is -2.22. The van der Waals surface area contributed by atoms with Gasteiger partial charge in [-0.1, -0.05) is 35.0 Å². The standard InChI is InChI=1S/C11H12BrN3O/c1-2-8(12)11(16)14-9-5-3-4-7-6-13-15-10(7)9/h3-6,8H,2H2,1H3,(H,13,15)(H,14,16). The molecule has 2 aromatic rings. The molecule has 1 amide bonds. The van der Waals surface area contributed by atoms with E-state index in [4.69, 9.17) is 0 Å². The number of carbonyl (C=O) groups is 1. The number of carbonyl (C=O) groups excluding carboxylic acids is 1. The highest BCUT2D eigenvalue weighted by atomic mass is 79.9. The summed E-state index contributed by atoms with van der Waals surface area (Å²) >= 11 is 3.32. The van der Waals surface area contributed by atoms with Gasteiger partial charge >= 0.3 is 0 Å². The summed E-state index contributed by atoms with van der Waals surface area (Å²) in [6.07, 6.45) is 2.49. The normalized spacial score (nSPS) is 12.6. The van der Waals surface area contributed by atoms with Crippen molar-refractivity contribution < 1.29 is 4.79 Å². The summed E-state index contributed by atoms with van der Waals surface area (Å²) < 4.78 is 0. The molecular weight excluding hydrogens is 270 g/mol. The Hall–Kier alpha value is -1.36. The predicted octanol–water partition coefficient (Wildman–Crippen LogP) is 2.67. The quantitative estimate of drug-likeness (QED) is 0.850. The van der Waals surface area contributed by atoms with Crippen LogP contribution in [0.2, 0.25) is 0 Å². The average Bonchev–Trinajstić information content (AvgIpc) is 2.77. The van der Waals surface area contributed by atoms with Gasteiger partial charge in [-0.3, -0.25) is 9.89 Å². The van der Waals surface area contributed by atoms with Crippen LogP contribution in [-0.4, -0.2) is 20.9 Å². The van der Waals surface area contributed by atoms with E-state index >= 15 is 0 Å². The van der Waals surface area contributed by atoms with Gasteiger partial charge in [-0.15, -0.1) is 0 Å². The molecule has 1 aromatic heterocycles. The van der Waals surface area contributed by atoms with E-state index in [0.29, 0.717) is 0 Å². The van der Waals surface area contributed by atoms with Crippen molar-refractivity contribution in [3.63, 3.8) is 0 Å². The third-order valence-corrected chi connectivity index (χ3v) is 3.44. The molecule has 0 aliphatic heterocycles. The van der Waals surface area contributed by atoms with Crippen molar-refractivity contribution in [2.24, 2.45) is 0 Å². The number of anilines is 1. The number of halogens is 1. The van der Waals surface area contributed by atoms with Gasteiger partial charge < -0.3 is 5.32 Å². The fraction of sp³-hybridized carbons (Fsp3) is 0.273. The number of nitrogens with zero attached hydrogens (tertiary/aromatic N) is 1. The van der Waals surface area contributed by atoms with Gasteiger partial charge in [0.05, 0.1) is 22.2 Å². The van der Waals surface area contributed by atoms with Gasteiger partial charge in [0.15, 0.2) is 0 Å². The molecule has 1 heterocycles. The molecule has 0 fully saturated rings. The van der Waals surface area contributed by atoms with E-state index in [2.05, 4.69) is 31.4 Å². The summed E-state index contributed by atoms with van der Waals surface area (Å²) in [6.45, 7) is 1.95. The third-order valence-electron chi connectivity index (χ3n) is 2.38. The second-order valence-corrected chi connectivity index (χ2v) is 4.61. The van der Waals surface area contributed by atoms with Crippen molar-refractivity contribution in [3.8, 4) is 0 Å². The Morgan fingerprint density at radius 3 is 3.19 bits per heavy atom. The zero-order valence-corrected chi connectivity index (χ0v) is 10.4. The largest absolute Gasteiger partial charge is 0.323 e. The molecule has 1 atom stereocenters. The maximum absolute atomic E-state index is 11.7. The first-order valence-electron chi connectivity index (χ1n) is 5.09. The van der Waals surface area contributed by atoms with Crippen LogP contribution in [0.25, 0.3) is 10.9 Å². The Labute approximate surface area is 102 Å². The molecule has 0 aliphatic rings. The number of benzene rings is 1. The Morgan fingerprint density at radius 2 is 2.44 bits per heavy atom. The van der Waals surface area contributed by atoms with Gasteiger partial charge in [-0.2, -0.15) is 5.10 Å². The number of aromatic amines is 1. The minimum atomic E-state index is -0.161. The minimum Gasteiger partial charge on any atom is -0.323 e.